The van der Waals surface area contributed by atoms with Crippen LogP contribution in [0.2, 0.25) is 0 Å². The monoisotopic (exact) mass is 270 g/mol. The molecule has 2 atom stereocenters. The van der Waals surface area contributed by atoms with Gasteiger partial charge in [-0.15, -0.1) is 0 Å². The van der Waals surface area contributed by atoms with Gasteiger partial charge in [-0.1, -0.05) is 43.0 Å². The van der Waals surface area contributed by atoms with Crippen LogP contribution in [0.3, 0.4) is 0 Å². The third-order valence-corrected chi connectivity index (χ3v) is 3.20. The summed E-state index contributed by atoms with van der Waals surface area (Å²) in [5.41, 5.74) is 1.55. The first-order valence-corrected chi connectivity index (χ1v) is 6.53. The molecule has 0 N–H and O–H groups in total. The summed E-state index contributed by atoms with van der Waals surface area (Å²) in [6.07, 6.45) is 4.43. The SMILES string of the molecule is C=CC(C)OC(=O)c1cncn1[C@H](C)c1ccccc1. The Bertz CT molecular complexity index is 590. The van der Waals surface area contributed by atoms with Crippen LogP contribution in [0.25, 0.3) is 0 Å². The van der Waals surface area contributed by atoms with Crippen LogP contribution in [0.1, 0.15) is 35.9 Å². The van der Waals surface area contributed by atoms with Crippen molar-refractivity contribution < 1.29 is 9.53 Å². The fraction of sp³-hybridized carbons (Fsp3) is 0.250. The topological polar surface area (TPSA) is 44.1 Å². The van der Waals surface area contributed by atoms with E-state index in [1.54, 1.807) is 19.3 Å². The molecule has 0 aliphatic rings. The molecule has 4 heteroatoms. The van der Waals surface area contributed by atoms with Gasteiger partial charge in [-0.25, -0.2) is 9.78 Å². The first kappa shape index (κ1) is 14.1. The Balaban J connectivity index is 2.24. The molecule has 2 aromatic rings. The van der Waals surface area contributed by atoms with Crippen molar-refractivity contribution in [2.24, 2.45) is 0 Å². The van der Waals surface area contributed by atoms with E-state index < -0.39 is 5.97 Å². The third-order valence-electron chi connectivity index (χ3n) is 3.20. The first-order chi connectivity index (χ1) is 9.63. The summed E-state index contributed by atoms with van der Waals surface area (Å²) in [7, 11) is 0. The minimum Gasteiger partial charge on any atom is -0.454 e. The number of ether oxygens (including phenoxy) is 1. The number of esters is 1. The molecule has 0 fully saturated rings. The quantitative estimate of drug-likeness (QED) is 0.619. The van der Waals surface area contributed by atoms with E-state index in [4.69, 9.17) is 4.74 Å². The van der Waals surface area contributed by atoms with Crippen molar-refractivity contribution >= 4 is 5.97 Å². The highest BCUT2D eigenvalue weighted by Crippen LogP contribution is 2.20. The van der Waals surface area contributed by atoms with Crippen LogP contribution in [0, 0.1) is 0 Å². The first-order valence-electron chi connectivity index (χ1n) is 6.53. The Morgan fingerprint density at radius 2 is 2.05 bits per heavy atom. The molecular formula is C16H18N2O2. The zero-order chi connectivity index (χ0) is 14.5. The molecule has 0 bridgehead atoms. The Labute approximate surface area is 118 Å². The number of carbonyl (C=O) groups is 1. The molecule has 0 saturated heterocycles. The maximum atomic E-state index is 12.1. The number of aromatic nitrogens is 2. The smallest absolute Gasteiger partial charge is 0.357 e. The fourth-order valence-electron chi connectivity index (χ4n) is 1.94. The molecule has 1 unspecified atom stereocenters. The van der Waals surface area contributed by atoms with Crippen LogP contribution in [-0.2, 0) is 4.74 Å². The van der Waals surface area contributed by atoms with Gasteiger partial charge < -0.3 is 9.30 Å². The van der Waals surface area contributed by atoms with Gasteiger partial charge in [-0.05, 0) is 19.4 Å². The van der Waals surface area contributed by atoms with Crippen molar-refractivity contribution in [3.05, 3.63) is 66.8 Å². The normalized spacial score (nSPS) is 13.5. The Kier molecular flexibility index (Phi) is 4.35. The number of nitrogens with zero attached hydrogens (tertiary/aromatic N) is 2. The second-order valence-corrected chi connectivity index (χ2v) is 4.62. The minimum atomic E-state index is -0.391. The van der Waals surface area contributed by atoms with Crippen LogP contribution in [-0.4, -0.2) is 21.6 Å². The number of imidazole rings is 1. The zero-order valence-corrected chi connectivity index (χ0v) is 11.7. The van der Waals surface area contributed by atoms with Gasteiger partial charge in [0.05, 0.1) is 18.6 Å². The Morgan fingerprint density at radius 1 is 1.35 bits per heavy atom. The summed E-state index contributed by atoms with van der Waals surface area (Å²) in [4.78, 5) is 16.2. The summed E-state index contributed by atoms with van der Waals surface area (Å²) in [5.74, 6) is -0.391. The Hall–Kier alpha value is -2.36. The van der Waals surface area contributed by atoms with E-state index in [1.165, 1.54) is 6.20 Å². The molecular weight excluding hydrogens is 252 g/mol. The van der Waals surface area contributed by atoms with E-state index in [1.807, 2.05) is 41.8 Å². The van der Waals surface area contributed by atoms with E-state index in [-0.39, 0.29) is 12.1 Å². The van der Waals surface area contributed by atoms with E-state index in [0.717, 1.165) is 5.56 Å². The van der Waals surface area contributed by atoms with Gasteiger partial charge in [-0.3, -0.25) is 0 Å². The molecule has 0 amide bonds. The van der Waals surface area contributed by atoms with Crippen molar-refractivity contribution in [3.63, 3.8) is 0 Å². The minimum absolute atomic E-state index is 0.0142. The molecule has 20 heavy (non-hydrogen) atoms. The van der Waals surface area contributed by atoms with Crippen molar-refractivity contribution in [3.8, 4) is 0 Å². The predicted octanol–water partition coefficient (Wildman–Crippen LogP) is 3.22. The lowest BCUT2D eigenvalue weighted by Gasteiger charge is -2.17. The van der Waals surface area contributed by atoms with Gasteiger partial charge >= 0.3 is 5.97 Å². The molecule has 1 aromatic carbocycles. The average molecular weight is 270 g/mol. The maximum Gasteiger partial charge on any atom is 0.357 e. The number of hydrogen-bond donors (Lipinski definition) is 0. The lowest BCUT2D eigenvalue weighted by atomic mass is 10.1. The highest BCUT2D eigenvalue weighted by Gasteiger charge is 2.19. The molecule has 0 saturated carbocycles. The van der Waals surface area contributed by atoms with E-state index in [0.29, 0.717) is 5.69 Å². The van der Waals surface area contributed by atoms with E-state index in [2.05, 4.69) is 11.6 Å². The van der Waals surface area contributed by atoms with Crippen molar-refractivity contribution in [2.45, 2.75) is 26.0 Å². The molecule has 0 spiro atoms. The largest absolute Gasteiger partial charge is 0.454 e. The molecule has 0 aliphatic carbocycles. The van der Waals surface area contributed by atoms with Crippen molar-refractivity contribution in [2.75, 3.05) is 0 Å². The highest BCUT2D eigenvalue weighted by atomic mass is 16.5. The average Bonchev–Trinajstić information content (AvgIpc) is 2.96. The van der Waals surface area contributed by atoms with Crippen LogP contribution in [0.15, 0.2) is 55.5 Å². The summed E-state index contributed by atoms with van der Waals surface area (Å²) < 4.78 is 7.07. The van der Waals surface area contributed by atoms with E-state index >= 15 is 0 Å². The summed E-state index contributed by atoms with van der Waals surface area (Å²) in [5, 5.41) is 0. The summed E-state index contributed by atoms with van der Waals surface area (Å²) >= 11 is 0. The molecule has 1 heterocycles. The lowest BCUT2D eigenvalue weighted by molar-refractivity contribution is 0.0411. The van der Waals surface area contributed by atoms with Gasteiger partial charge in [0.25, 0.3) is 0 Å². The molecule has 0 radical (unpaired) electrons. The van der Waals surface area contributed by atoms with Crippen molar-refractivity contribution in [1.29, 1.82) is 0 Å². The van der Waals surface area contributed by atoms with Gasteiger partial charge in [0.15, 0.2) is 0 Å². The van der Waals surface area contributed by atoms with Crippen LogP contribution >= 0.6 is 0 Å². The predicted molar refractivity (Wildman–Crippen MR) is 77.6 cm³/mol. The second-order valence-electron chi connectivity index (χ2n) is 4.62. The lowest BCUT2D eigenvalue weighted by Crippen LogP contribution is -2.18. The summed E-state index contributed by atoms with van der Waals surface area (Å²) in [6.45, 7) is 7.39. The van der Waals surface area contributed by atoms with Gasteiger partial charge in [-0.2, -0.15) is 0 Å². The Morgan fingerprint density at radius 3 is 2.70 bits per heavy atom. The van der Waals surface area contributed by atoms with Gasteiger partial charge in [0.1, 0.15) is 11.8 Å². The molecule has 104 valence electrons. The van der Waals surface area contributed by atoms with Crippen LogP contribution < -0.4 is 0 Å². The van der Waals surface area contributed by atoms with E-state index in [9.17, 15) is 4.79 Å². The maximum absolute atomic E-state index is 12.1. The van der Waals surface area contributed by atoms with Crippen LogP contribution in [0.5, 0.6) is 0 Å². The van der Waals surface area contributed by atoms with Gasteiger partial charge in [0, 0.05) is 0 Å². The van der Waals surface area contributed by atoms with Crippen molar-refractivity contribution in [1.82, 2.24) is 9.55 Å². The summed E-state index contributed by atoms with van der Waals surface area (Å²) in [6, 6.07) is 9.96. The molecule has 2 rings (SSSR count). The van der Waals surface area contributed by atoms with Gasteiger partial charge in [0.2, 0.25) is 0 Å². The molecule has 1 aromatic heterocycles. The standard InChI is InChI=1S/C16H18N2O2/c1-4-12(2)20-16(19)15-10-17-11-18(15)13(3)14-8-6-5-7-9-14/h4-13H,1H2,2-3H3/t12?,13-/m1/s1. The molecule has 4 nitrogen and oxygen atoms in total. The third kappa shape index (κ3) is 2.96. The second kappa shape index (κ2) is 6.19. The fourth-order valence-corrected chi connectivity index (χ4v) is 1.94. The molecule has 0 aliphatic heterocycles. The number of benzene rings is 1. The number of rotatable bonds is 5. The number of carbonyl (C=O) groups excluding carboxylic acids is 1. The number of hydrogen-bond acceptors (Lipinski definition) is 3. The zero-order valence-electron chi connectivity index (χ0n) is 11.7. The highest BCUT2D eigenvalue weighted by molar-refractivity contribution is 5.87. The van der Waals surface area contributed by atoms with Crippen LogP contribution in [0.4, 0.5) is 0 Å².